The Morgan fingerprint density at radius 3 is 2.59 bits per heavy atom. The Kier molecular flexibility index (Phi) is 6.76. The SMILES string of the molecule is CCC(C)(C)n1nnnc1[C@@H](c1cc2cccc(C)c2[nH]c1=O)N(Cc1ccccc1)Cc1ccco1. The van der Waals surface area contributed by atoms with E-state index in [-0.39, 0.29) is 11.1 Å². The maximum absolute atomic E-state index is 13.7. The number of rotatable bonds is 9. The molecule has 0 amide bonds. The molecular weight excluding hydrogens is 464 g/mol. The van der Waals surface area contributed by atoms with Crippen molar-refractivity contribution < 1.29 is 4.42 Å². The second kappa shape index (κ2) is 10.1. The van der Waals surface area contributed by atoms with Gasteiger partial charge in [-0.1, -0.05) is 55.5 Å². The first kappa shape index (κ1) is 24.6. The van der Waals surface area contributed by atoms with E-state index in [1.807, 2.05) is 66.2 Å². The lowest BCUT2D eigenvalue weighted by Gasteiger charge is -2.33. The second-order valence-electron chi connectivity index (χ2n) is 10.1. The highest BCUT2D eigenvalue weighted by Crippen LogP contribution is 2.33. The van der Waals surface area contributed by atoms with Gasteiger partial charge in [0.15, 0.2) is 5.82 Å². The van der Waals surface area contributed by atoms with Crippen molar-refractivity contribution in [1.29, 1.82) is 0 Å². The molecule has 0 unspecified atom stereocenters. The number of pyridine rings is 1. The van der Waals surface area contributed by atoms with Crippen LogP contribution in [0.4, 0.5) is 0 Å². The van der Waals surface area contributed by atoms with Crippen molar-refractivity contribution in [2.75, 3.05) is 0 Å². The number of nitrogens with one attached hydrogen (secondary N) is 1. The van der Waals surface area contributed by atoms with Gasteiger partial charge in [0.25, 0.3) is 5.56 Å². The van der Waals surface area contributed by atoms with Gasteiger partial charge >= 0.3 is 0 Å². The van der Waals surface area contributed by atoms with Crippen LogP contribution in [0.5, 0.6) is 0 Å². The highest BCUT2D eigenvalue weighted by molar-refractivity contribution is 5.82. The quantitative estimate of drug-likeness (QED) is 0.296. The number of tetrazole rings is 1. The van der Waals surface area contributed by atoms with Crippen LogP contribution in [-0.2, 0) is 18.6 Å². The molecule has 0 aliphatic rings. The van der Waals surface area contributed by atoms with Crippen molar-refractivity contribution in [3.63, 3.8) is 0 Å². The molecule has 3 aromatic heterocycles. The Morgan fingerprint density at radius 1 is 1.05 bits per heavy atom. The Labute approximate surface area is 215 Å². The Morgan fingerprint density at radius 2 is 1.86 bits per heavy atom. The molecule has 0 radical (unpaired) electrons. The van der Waals surface area contributed by atoms with Gasteiger partial charge in [-0.25, -0.2) is 4.68 Å². The predicted molar refractivity (Wildman–Crippen MR) is 143 cm³/mol. The Bertz CT molecular complexity index is 1540. The maximum atomic E-state index is 13.7. The molecule has 1 N–H and O–H groups in total. The van der Waals surface area contributed by atoms with Gasteiger partial charge < -0.3 is 9.40 Å². The second-order valence-corrected chi connectivity index (χ2v) is 10.1. The first-order chi connectivity index (χ1) is 17.9. The lowest BCUT2D eigenvalue weighted by atomic mass is 9.98. The van der Waals surface area contributed by atoms with Gasteiger partial charge in [-0.3, -0.25) is 9.69 Å². The zero-order valence-corrected chi connectivity index (χ0v) is 21.7. The number of furan rings is 1. The highest BCUT2D eigenvalue weighted by Gasteiger charge is 2.35. The van der Waals surface area contributed by atoms with Crippen LogP contribution < -0.4 is 5.56 Å². The van der Waals surface area contributed by atoms with E-state index >= 15 is 0 Å². The van der Waals surface area contributed by atoms with E-state index in [0.29, 0.717) is 24.5 Å². The van der Waals surface area contributed by atoms with Crippen molar-refractivity contribution >= 4 is 10.9 Å². The van der Waals surface area contributed by atoms with Crippen molar-refractivity contribution in [2.24, 2.45) is 0 Å². The van der Waals surface area contributed by atoms with Gasteiger partial charge in [0.2, 0.25) is 0 Å². The van der Waals surface area contributed by atoms with Gasteiger partial charge in [0.05, 0.1) is 23.9 Å². The summed E-state index contributed by atoms with van der Waals surface area (Å²) in [5, 5.41) is 13.9. The van der Waals surface area contributed by atoms with Crippen molar-refractivity contribution in [3.8, 4) is 0 Å². The molecule has 190 valence electrons. The molecule has 0 saturated carbocycles. The Hall–Kier alpha value is -4.04. The molecule has 37 heavy (non-hydrogen) atoms. The standard InChI is InChI=1S/C29H32N6O2/c1-5-29(3,4)35-27(31-32-33-35)26(24-17-22-14-9-11-20(2)25(22)30-28(24)36)34(19-23-15-10-16-37-23)18-21-12-7-6-8-13-21/h6-17,26H,5,18-19H2,1-4H3,(H,30,36)/t26-/m1/s1. The minimum Gasteiger partial charge on any atom is -0.468 e. The number of fused-ring (bicyclic) bond motifs is 1. The molecule has 5 rings (SSSR count). The number of para-hydroxylation sites is 1. The van der Waals surface area contributed by atoms with Crippen molar-refractivity contribution in [3.05, 3.63) is 112 Å². The maximum Gasteiger partial charge on any atom is 0.253 e. The van der Waals surface area contributed by atoms with Crippen LogP contribution in [0, 0.1) is 6.92 Å². The molecule has 5 aromatic rings. The number of nitrogens with zero attached hydrogens (tertiary/aromatic N) is 5. The average molecular weight is 497 g/mol. The van der Waals surface area contributed by atoms with Gasteiger partial charge in [-0.15, -0.1) is 5.10 Å². The number of benzene rings is 2. The summed E-state index contributed by atoms with van der Waals surface area (Å²) in [5.41, 5.74) is 3.05. The largest absolute Gasteiger partial charge is 0.468 e. The van der Waals surface area contributed by atoms with Crippen molar-refractivity contribution in [2.45, 2.75) is 58.8 Å². The van der Waals surface area contributed by atoms with E-state index < -0.39 is 6.04 Å². The number of aromatic nitrogens is 5. The zero-order chi connectivity index (χ0) is 26.0. The molecule has 0 bridgehead atoms. The fourth-order valence-electron chi connectivity index (χ4n) is 4.71. The summed E-state index contributed by atoms with van der Waals surface area (Å²) in [7, 11) is 0. The molecule has 0 saturated heterocycles. The number of H-pyrrole nitrogens is 1. The fourth-order valence-corrected chi connectivity index (χ4v) is 4.71. The van der Waals surface area contributed by atoms with Crippen LogP contribution in [0.25, 0.3) is 10.9 Å². The summed E-state index contributed by atoms with van der Waals surface area (Å²) < 4.78 is 7.61. The van der Waals surface area contributed by atoms with Crippen LogP contribution in [0.2, 0.25) is 0 Å². The molecule has 2 aromatic carbocycles. The number of hydrogen-bond acceptors (Lipinski definition) is 6. The summed E-state index contributed by atoms with van der Waals surface area (Å²) in [6, 6.07) is 21.5. The molecule has 0 fully saturated rings. The zero-order valence-electron chi connectivity index (χ0n) is 21.7. The van der Waals surface area contributed by atoms with E-state index in [1.165, 1.54) is 0 Å². The summed E-state index contributed by atoms with van der Waals surface area (Å²) in [5.74, 6) is 1.41. The van der Waals surface area contributed by atoms with E-state index in [9.17, 15) is 4.79 Å². The summed E-state index contributed by atoms with van der Waals surface area (Å²) in [6.45, 7) is 9.35. The van der Waals surface area contributed by atoms with E-state index in [4.69, 9.17) is 4.42 Å². The Balaban J connectivity index is 1.74. The summed E-state index contributed by atoms with van der Waals surface area (Å²) in [6.07, 6.45) is 2.49. The molecular formula is C29H32N6O2. The van der Waals surface area contributed by atoms with E-state index in [1.54, 1.807) is 6.26 Å². The third-order valence-corrected chi connectivity index (χ3v) is 7.12. The van der Waals surface area contributed by atoms with Crippen molar-refractivity contribution in [1.82, 2.24) is 30.1 Å². The summed E-state index contributed by atoms with van der Waals surface area (Å²) in [4.78, 5) is 19.1. The fraction of sp³-hybridized carbons (Fsp3) is 0.310. The van der Waals surface area contributed by atoms with Gasteiger partial charge in [0, 0.05) is 12.1 Å². The molecule has 1 atom stereocenters. The van der Waals surface area contributed by atoms with Crippen LogP contribution in [-0.4, -0.2) is 30.1 Å². The lowest BCUT2D eigenvalue weighted by Crippen LogP contribution is -2.38. The van der Waals surface area contributed by atoms with Crippen LogP contribution in [0.15, 0.2) is 82.2 Å². The first-order valence-electron chi connectivity index (χ1n) is 12.6. The molecule has 8 nitrogen and oxygen atoms in total. The molecule has 3 heterocycles. The highest BCUT2D eigenvalue weighted by atomic mass is 16.3. The minimum atomic E-state index is -0.528. The molecule has 0 aliphatic heterocycles. The van der Waals surface area contributed by atoms with E-state index in [0.717, 1.165) is 34.2 Å². The van der Waals surface area contributed by atoms with Gasteiger partial charge in [-0.05, 0) is 72.3 Å². The first-order valence-corrected chi connectivity index (χ1v) is 12.6. The summed E-state index contributed by atoms with van der Waals surface area (Å²) >= 11 is 0. The smallest absolute Gasteiger partial charge is 0.253 e. The van der Waals surface area contributed by atoms with Crippen LogP contribution in [0.3, 0.4) is 0 Å². The van der Waals surface area contributed by atoms with Crippen LogP contribution in [0.1, 0.15) is 61.5 Å². The minimum absolute atomic E-state index is 0.159. The molecule has 0 aliphatic carbocycles. The average Bonchev–Trinajstić information content (AvgIpc) is 3.59. The topological polar surface area (TPSA) is 92.8 Å². The van der Waals surface area contributed by atoms with E-state index in [2.05, 4.69) is 58.3 Å². The predicted octanol–water partition coefficient (Wildman–Crippen LogP) is 5.35. The monoisotopic (exact) mass is 496 g/mol. The van der Waals surface area contributed by atoms with Gasteiger partial charge in [0.1, 0.15) is 11.8 Å². The normalized spacial score (nSPS) is 12.9. The third-order valence-electron chi connectivity index (χ3n) is 7.12. The lowest BCUT2D eigenvalue weighted by molar-refractivity contribution is 0.168. The molecule has 8 heteroatoms. The number of aromatic amines is 1. The molecule has 0 spiro atoms. The number of aryl methyl sites for hydroxylation is 1. The third kappa shape index (κ3) is 4.97. The van der Waals surface area contributed by atoms with Gasteiger partial charge in [-0.2, -0.15) is 0 Å². The number of hydrogen-bond donors (Lipinski definition) is 1. The van der Waals surface area contributed by atoms with Crippen LogP contribution >= 0.6 is 0 Å².